The number of carbonyl (C=O) groups is 2. The lowest BCUT2D eigenvalue weighted by Crippen LogP contribution is -2.30. The molecule has 4 rings (SSSR count). The number of rotatable bonds is 4. The molecule has 0 aliphatic carbocycles. The summed E-state index contributed by atoms with van der Waals surface area (Å²) in [5, 5.41) is 2.51. The van der Waals surface area contributed by atoms with Crippen molar-refractivity contribution in [3.8, 4) is 11.3 Å². The predicted molar refractivity (Wildman–Crippen MR) is 97.6 cm³/mol. The first-order chi connectivity index (χ1) is 13.5. The summed E-state index contributed by atoms with van der Waals surface area (Å²) in [6.45, 7) is 0.0290. The Balaban J connectivity index is 1.52. The molecule has 2 heterocycles. The molecule has 3 amide bonds. The quantitative estimate of drug-likeness (QED) is 0.542. The van der Waals surface area contributed by atoms with Crippen LogP contribution in [0.3, 0.4) is 0 Å². The van der Waals surface area contributed by atoms with E-state index in [1.165, 1.54) is 42.5 Å². The van der Waals surface area contributed by atoms with E-state index < -0.39 is 17.8 Å². The first-order valence-electron chi connectivity index (χ1n) is 8.44. The summed E-state index contributed by atoms with van der Waals surface area (Å²) < 4.78 is 31.7. The molecule has 28 heavy (non-hydrogen) atoms. The normalized spacial score (nSPS) is 15.4. The standard InChI is InChI=1S/C21H14F2N2O3/c22-15-5-1-13(2-6-15)12-25-20(26)18(24-21(25)27)11-17-9-10-19(28-17)14-3-7-16(23)8-4-14/h1-11H,12H2,(H,24,27). The summed E-state index contributed by atoms with van der Waals surface area (Å²) in [5.74, 6) is -0.373. The van der Waals surface area contributed by atoms with Crippen LogP contribution < -0.4 is 5.32 Å². The van der Waals surface area contributed by atoms with E-state index in [2.05, 4.69) is 5.32 Å². The monoisotopic (exact) mass is 380 g/mol. The van der Waals surface area contributed by atoms with Gasteiger partial charge in [0.2, 0.25) is 0 Å². The fourth-order valence-electron chi connectivity index (χ4n) is 2.83. The highest BCUT2D eigenvalue weighted by atomic mass is 19.1. The van der Waals surface area contributed by atoms with Gasteiger partial charge < -0.3 is 9.73 Å². The lowest BCUT2D eigenvalue weighted by molar-refractivity contribution is -0.123. The van der Waals surface area contributed by atoms with Crippen LogP contribution in [0.15, 0.2) is 70.8 Å². The minimum absolute atomic E-state index is 0.0290. The van der Waals surface area contributed by atoms with E-state index in [0.29, 0.717) is 22.6 Å². The third-order valence-electron chi connectivity index (χ3n) is 4.26. The highest BCUT2D eigenvalue weighted by Gasteiger charge is 2.33. The number of nitrogens with one attached hydrogen (secondary N) is 1. The van der Waals surface area contributed by atoms with Gasteiger partial charge in [-0.15, -0.1) is 0 Å². The van der Waals surface area contributed by atoms with Crippen LogP contribution >= 0.6 is 0 Å². The topological polar surface area (TPSA) is 62.6 Å². The van der Waals surface area contributed by atoms with Gasteiger partial charge in [0.15, 0.2) is 0 Å². The highest BCUT2D eigenvalue weighted by molar-refractivity contribution is 6.13. The molecule has 0 atom stereocenters. The van der Waals surface area contributed by atoms with Crippen molar-refractivity contribution in [2.75, 3.05) is 0 Å². The summed E-state index contributed by atoms with van der Waals surface area (Å²) in [7, 11) is 0. The zero-order valence-corrected chi connectivity index (χ0v) is 14.5. The van der Waals surface area contributed by atoms with Crippen LogP contribution in [0.25, 0.3) is 17.4 Å². The number of hydrogen-bond donors (Lipinski definition) is 1. The van der Waals surface area contributed by atoms with Gasteiger partial charge in [-0.2, -0.15) is 0 Å². The minimum Gasteiger partial charge on any atom is -0.457 e. The van der Waals surface area contributed by atoms with Crippen molar-refractivity contribution >= 4 is 18.0 Å². The Morgan fingerprint density at radius 3 is 2.21 bits per heavy atom. The zero-order chi connectivity index (χ0) is 19.7. The Hall–Kier alpha value is -3.74. The molecule has 1 N–H and O–H groups in total. The van der Waals surface area contributed by atoms with Crippen molar-refractivity contribution < 1.29 is 22.8 Å². The van der Waals surface area contributed by atoms with Gasteiger partial charge in [0, 0.05) is 11.6 Å². The second kappa shape index (κ2) is 7.11. The average molecular weight is 380 g/mol. The third kappa shape index (κ3) is 3.55. The zero-order valence-electron chi connectivity index (χ0n) is 14.5. The molecule has 3 aromatic rings. The third-order valence-corrected chi connectivity index (χ3v) is 4.26. The number of nitrogens with zero attached hydrogens (tertiary/aromatic N) is 1. The Kier molecular flexibility index (Phi) is 4.49. The van der Waals surface area contributed by atoms with Crippen LogP contribution in [0.5, 0.6) is 0 Å². The maximum Gasteiger partial charge on any atom is 0.329 e. The van der Waals surface area contributed by atoms with Crippen LogP contribution in [-0.2, 0) is 11.3 Å². The number of furan rings is 1. The van der Waals surface area contributed by atoms with Gasteiger partial charge in [-0.25, -0.2) is 13.6 Å². The molecule has 7 heteroatoms. The Morgan fingerprint density at radius 2 is 1.54 bits per heavy atom. The summed E-state index contributed by atoms with van der Waals surface area (Å²) in [4.78, 5) is 25.7. The molecule has 1 fully saturated rings. The van der Waals surface area contributed by atoms with Crippen molar-refractivity contribution in [1.82, 2.24) is 10.2 Å². The number of carbonyl (C=O) groups excluding carboxylic acids is 2. The second-order valence-corrected chi connectivity index (χ2v) is 6.21. The molecule has 1 aromatic heterocycles. The number of halogens is 2. The maximum atomic E-state index is 13.0. The molecule has 1 saturated heterocycles. The second-order valence-electron chi connectivity index (χ2n) is 6.21. The van der Waals surface area contributed by atoms with Crippen LogP contribution in [0.4, 0.5) is 13.6 Å². The van der Waals surface area contributed by atoms with Crippen LogP contribution in [0, 0.1) is 11.6 Å². The first-order valence-corrected chi connectivity index (χ1v) is 8.44. The molecular weight excluding hydrogens is 366 g/mol. The highest BCUT2D eigenvalue weighted by Crippen LogP contribution is 2.24. The smallest absolute Gasteiger partial charge is 0.329 e. The first kappa shape index (κ1) is 17.7. The van der Waals surface area contributed by atoms with Gasteiger partial charge >= 0.3 is 6.03 Å². The Labute approximate surface area is 158 Å². The van der Waals surface area contributed by atoms with Crippen molar-refractivity contribution in [3.63, 3.8) is 0 Å². The van der Waals surface area contributed by atoms with Crippen LogP contribution in [-0.4, -0.2) is 16.8 Å². The molecule has 0 unspecified atom stereocenters. The molecule has 0 radical (unpaired) electrons. The SMILES string of the molecule is O=C1NC(=Cc2ccc(-c3ccc(F)cc3)o2)C(=O)N1Cc1ccc(F)cc1. The van der Waals surface area contributed by atoms with E-state index in [4.69, 9.17) is 4.42 Å². The van der Waals surface area contributed by atoms with E-state index >= 15 is 0 Å². The largest absolute Gasteiger partial charge is 0.457 e. The number of urea groups is 1. The molecule has 140 valence electrons. The molecule has 0 bridgehead atoms. The summed E-state index contributed by atoms with van der Waals surface area (Å²) >= 11 is 0. The molecule has 1 aliphatic heterocycles. The van der Waals surface area contributed by atoms with E-state index in [1.807, 2.05) is 0 Å². The van der Waals surface area contributed by atoms with Crippen LogP contribution in [0.1, 0.15) is 11.3 Å². The number of amides is 3. The van der Waals surface area contributed by atoms with Crippen molar-refractivity contribution in [1.29, 1.82) is 0 Å². The van der Waals surface area contributed by atoms with E-state index in [9.17, 15) is 18.4 Å². The average Bonchev–Trinajstić information content (AvgIpc) is 3.24. The van der Waals surface area contributed by atoms with Crippen molar-refractivity contribution in [2.45, 2.75) is 6.54 Å². The van der Waals surface area contributed by atoms with Gasteiger partial charge in [-0.1, -0.05) is 12.1 Å². The molecule has 0 saturated carbocycles. The summed E-state index contributed by atoms with van der Waals surface area (Å²) in [6, 6.07) is 14.1. The van der Waals surface area contributed by atoms with Crippen molar-refractivity contribution in [2.24, 2.45) is 0 Å². The van der Waals surface area contributed by atoms with Gasteiger partial charge in [0.1, 0.15) is 28.9 Å². The Morgan fingerprint density at radius 1 is 0.893 bits per heavy atom. The van der Waals surface area contributed by atoms with Crippen molar-refractivity contribution in [3.05, 3.63) is 89.3 Å². The number of benzene rings is 2. The maximum absolute atomic E-state index is 13.0. The number of imide groups is 1. The molecule has 0 spiro atoms. The summed E-state index contributed by atoms with van der Waals surface area (Å²) in [5.41, 5.74) is 1.39. The van der Waals surface area contributed by atoms with Gasteiger partial charge in [-0.05, 0) is 54.1 Å². The summed E-state index contributed by atoms with van der Waals surface area (Å²) in [6.07, 6.45) is 1.43. The minimum atomic E-state index is -0.564. The van der Waals surface area contributed by atoms with Gasteiger partial charge in [0.05, 0.1) is 6.54 Å². The molecule has 2 aromatic carbocycles. The number of hydrogen-bond acceptors (Lipinski definition) is 3. The molecule has 1 aliphatic rings. The van der Waals surface area contributed by atoms with E-state index in [0.717, 1.165) is 4.90 Å². The van der Waals surface area contributed by atoms with Gasteiger partial charge in [0.25, 0.3) is 5.91 Å². The van der Waals surface area contributed by atoms with E-state index in [-0.39, 0.29) is 18.1 Å². The molecular formula is C21H14F2N2O3. The lowest BCUT2D eigenvalue weighted by Gasteiger charge is -2.11. The predicted octanol–water partition coefficient (Wildman–Crippen LogP) is 4.32. The molecule has 5 nitrogen and oxygen atoms in total. The Bertz CT molecular complexity index is 1070. The van der Waals surface area contributed by atoms with E-state index in [1.54, 1.807) is 24.3 Å². The van der Waals surface area contributed by atoms with Crippen LogP contribution in [0.2, 0.25) is 0 Å². The lowest BCUT2D eigenvalue weighted by atomic mass is 10.2. The fourth-order valence-corrected chi connectivity index (χ4v) is 2.83. The van der Waals surface area contributed by atoms with Gasteiger partial charge in [-0.3, -0.25) is 9.69 Å². The fraction of sp³-hybridized carbons (Fsp3) is 0.0476.